The Morgan fingerprint density at radius 3 is 2.81 bits per heavy atom. The van der Waals surface area contributed by atoms with Gasteiger partial charge in [-0.2, -0.15) is 0 Å². The van der Waals surface area contributed by atoms with E-state index in [1.54, 1.807) is 5.38 Å². The Kier molecular flexibility index (Phi) is 3.29. The molecule has 6 nitrogen and oxygen atoms in total. The normalized spacial score (nSPS) is 15.7. The summed E-state index contributed by atoms with van der Waals surface area (Å²) in [5, 5.41) is 14.1. The number of carboxylic acids is 1. The molecule has 0 bridgehead atoms. The number of carbonyl (C=O) groups is 2. The topological polar surface area (TPSA) is 92.4 Å². The molecule has 2 aromatic rings. The number of aromatic nitrogens is 1. The maximum atomic E-state index is 11.9. The molecule has 110 valence electrons. The van der Waals surface area contributed by atoms with Crippen LogP contribution in [-0.2, 0) is 16.0 Å². The van der Waals surface area contributed by atoms with Crippen LogP contribution in [0.5, 0.6) is 0 Å². The van der Waals surface area contributed by atoms with Gasteiger partial charge >= 0.3 is 5.97 Å². The van der Waals surface area contributed by atoms with Gasteiger partial charge in [-0.05, 0) is 31.9 Å². The number of hydrogen-bond acceptors (Lipinski definition) is 5. The second kappa shape index (κ2) is 5.00. The fraction of sp³-hybridized carbons (Fsp3) is 0.357. The Morgan fingerprint density at radius 2 is 2.24 bits per heavy atom. The van der Waals surface area contributed by atoms with Crippen LogP contribution in [0.2, 0.25) is 0 Å². The number of hydrogen-bond donors (Lipinski definition) is 2. The molecule has 2 aromatic heterocycles. The van der Waals surface area contributed by atoms with Crippen molar-refractivity contribution < 1.29 is 19.1 Å². The molecule has 1 saturated carbocycles. The first-order chi connectivity index (χ1) is 9.98. The molecule has 0 atom stereocenters. The van der Waals surface area contributed by atoms with E-state index in [2.05, 4.69) is 10.3 Å². The summed E-state index contributed by atoms with van der Waals surface area (Å²) in [5.41, 5.74) is -0.434. The van der Waals surface area contributed by atoms with E-state index in [9.17, 15) is 9.59 Å². The first-order valence-corrected chi connectivity index (χ1v) is 7.42. The third kappa shape index (κ3) is 2.82. The zero-order chi connectivity index (χ0) is 15.0. The highest BCUT2D eigenvalue weighted by molar-refractivity contribution is 7.13. The number of furan rings is 1. The van der Waals surface area contributed by atoms with Gasteiger partial charge in [-0.15, -0.1) is 11.3 Å². The highest BCUT2D eigenvalue weighted by Gasteiger charge is 2.51. The number of aryl methyl sites for hydroxylation is 1. The van der Waals surface area contributed by atoms with Crippen LogP contribution >= 0.6 is 11.3 Å². The molecule has 1 aliphatic carbocycles. The predicted octanol–water partition coefficient (Wildman–Crippen LogP) is 1.99. The fourth-order valence-corrected chi connectivity index (χ4v) is 2.82. The lowest BCUT2D eigenvalue weighted by Gasteiger charge is -2.11. The minimum absolute atomic E-state index is 0.0746. The van der Waals surface area contributed by atoms with Crippen molar-refractivity contribution in [1.82, 2.24) is 10.3 Å². The van der Waals surface area contributed by atoms with Crippen molar-refractivity contribution in [2.45, 2.75) is 31.7 Å². The van der Waals surface area contributed by atoms with E-state index in [1.165, 1.54) is 11.3 Å². The Hall–Kier alpha value is -2.15. The van der Waals surface area contributed by atoms with Crippen LogP contribution in [0, 0.1) is 6.92 Å². The summed E-state index contributed by atoms with van der Waals surface area (Å²) in [6.07, 6.45) is 1.05. The lowest BCUT2D eigenvalue weighted by atomic mass is 10.2. The van der Waals surface area contributed by atoms with E-state index >= 15 is 0 Å². The zero-order valence-corrected chi connectivity index (χ0v) is 12.2. The molecule has 21 heavy (non-hydrogen) atoms. The molecule has 7 heteroatoms. The number of carbonyl (C=O) groups excluding carboxylic acids is 1. The molecule has 0 saturated heterocycles. The summed E-state index contributed by atoms with van der Waals surface area (Å²) < 4.78 is 5.48. The van der Waals surface area contributed by atoms with Crippen molar-refractivity contribution in [2.75, 3.05) is 0 Å². The molecule has 1 amide bonds. The lowest BCUT2D eigenvalue weighted by Crippen LogP contribution is -2.43. The molecule has 0 spiro atoms. The van der Waals surface area contributed by atoms with E-state index in [4.69, 9.17) is 9.52 Å². The van der Waals surface area contributed by atoms with Crippen molar-refractivity contribution in [1.29, 1.82) is 0 Å². The average Bonchev–Trinajstić information content (AvgIpc) is 2.84. The van der Waals surface area contributed by atoms with E-state index in [0.29, 0.717) is 29.3 Å². The van der Waals surface area contributed by atoms with Gasteiger partial charge in [0.1, 0.15) is 11.3 Å². The Morgan fingerprint density at radius 1 is 1.48 bits per heavy atom. The molecule has 0 aliphatic heterocycles. The summed E-state index contributed by atoms with van der Waals surface area (Å²) in [7, 11) is 0. The standard InChI is InChI=1S/C14H14N2O4S/c1-8-2-3-10(20-8)12-15-9(7-21-12)6-11(17)16-14(4-5-14)13(18)19/h2-3,7H,4-6H2,1H3,(H,16,17)(H,18,19). The number of amides is 1. The molecular formula is C14H14N2O4S. The van der Waals surface area contributed by atoms with E-state index < -0.39 is 11.5 Å². The van der Waals surface area contributed by atoms with E-state index in [0.717, 1.165) is 5.76 Å². The minimum atomic E-state index is -1.05. The monoisotopic (exact) mass is 306 g/mol. The van der Waals surface area contributed by atoms with Gasteiger partial charge in [0.25, 0.3) is 0 Å². The molecular weight excluding hydrogens is 292 g/mol. The molecule has 2 N–H and O–H groups in total. The highest BCUT2D eigenvalue weighted by atomic mass is 32.1. The van der Waals surface area contributed by atoms with Crippen molar-refractivity contribution in [3.8, 4) is 10.8 Å². The summed E-state index contributed by atoms with van der Waals surface area (Å²) >= 11 is 1.40. The number of thiazole rings is 1. The predicted molar refractivity (Wildman–Crippen MR) is 76.0 cm³/mol. The fourth-order valence-electron chi connectivity index (χ4n) is 2.04. The van der Waals surface area contributed by atoms with Gasteiger partial charge in [0.05, 0.1) is 12.1 Å². The van der Waals surface area contributed by atoms with Crippen molar-refractivity contribution in [2.24, 2.45) is 0 Å². The molecule has 1 aliphatic rings. The second-order valence-corrected chi connectivity index (χ2v) is 6.02. The molecule has 2 heterocycles. The van der Waals surface area contributed by atoms with Crippen LogP contribution in [0.25, 0.3) is 10.8 Å². The summed E-state index contributed by atoms with van der Waals surface area (Å²) in [4.78, 5) is 27.3. The summed E-state index contributed by atoms with van der Waals surface area (Å²) in [6, 6.07) is 3.69. The first-order valence-electron chi connectivity index (χ1n) is 6.54. The van der Waals surface area contributed by atoms with Crippen molar-refractivity contribution in [3.05, 3.63) is 29.0 Å². The largest absolute Gasteiger partial charge is 0.480 e. The quantitative estimate of drug-likeness (QED) is 0.881. The maximum Gasteiger partial charge on any atom is 0.329 e. The number of rotatable bonds is 5. The molecule has 0 radical (unpaired) electrons. The Bertz CT molecular complexity index is 699. The molecule has 3 rings (SSSR count). The van der Waals surface area contributed by atoms with Crippen LogP contribution in [0.3, 0.4) is 0 Å². The number of nitrogens with one attached hydrogen (secondary N) is 1. The third-order valence-corrected chi connectivity index (χ3v) is 4.29. The van der Waals surface area contributed by atoms with Gasteiger partial charge in [-0.3, -0.25) is 4.79 Å². The smallest absolute Gasteiger partial charge is 0.329 e. The van der Waals surface area contributed by atoms with E-state index in [-0.39, 0.29) is 12.3 Å². The third-order valence-electron chi connectivity index (χ3n) is 3.38. The van der Waals surface area contributed by atoms with Gasteiger partial charge in [0.2, 0.25) is 5.91 Å². The van der Waals surface area contributed by atoms with Gasteiger partial charge in [0.15, 0.2) is 10.8 Å². The molecule has 1 fully saturated rings. The van der Waals surface area contributed by atoms with Crippen LogP contribution in [0.1, 0.15) is 24.3 Å². The van der Waals surface area contributed by atoms with Crippen LogP contribution < -0.4 is 5.32 Å². The maximum absolute atomic E-state index is 11.9. The van der Waals surface area contributed by atoms with Crippen LogP contribution in [0.4, 0.5) is 0 Å². The van der Waals surface area contributed by atoms with Gasteiger partial charge in [-0.1, -0.05) is 0 Å². The Balaban J connectivity index is 1.65. The van der Waals surface area contributed by atoms with Gasteiger partial charge in [0, 0.05) is 5.38 Å². The zero-order valence-electron chi connectivity index (χ0n) is 11.4. The summed E-state index contributed by atoms with van der Waals surface area (Å²) in [5.74, 6) is 0.188. The number of carboxylic acid groups (broad SMARTS) is 1. The first kappa shape index (κ1) is 13.8. The lowest BCUT2D eigenvalue weighted by molar-refractivity contribution is -0.143. The van der Waals surface area contributed by atoms with Gasteiger partial charge in [-0.25, -0.2) is 9.78 Å². The minimum Gasteiger partial charge on any atom is -0.480 e. The van der Waals surface area contributed by atoms with Crippen LogP contribution in [-0.4, -0.2) is 27.5 Å². The second-order valence-electron chi connectivity index (χ2n) is 5.17. The SMILES string of the molecule is Cc1ccc(-c2nc(CC(=O)NC3(C(=O)O)CC3)cs2)o1. The van der Waals surface area contributed by atoms with Gasteiger partial charge < -0.3 is 14.8 Å². The Labute approximate surface area is 124 Å². The van der Waals surface area contributed by atoms with E-state index in [1.807, 2.05) is 19.1 Å². The highest BCUT2D eigenvalue weighted by Crippen LogP contribution is 2.35. The average molecular weight is 306 g/mol. The van der Waals surface area contributed by atoms with Crippen LogP contribution in [0.15, 0.2) is 21.9 Å². The molecule has 0 aromatic carbocycles. The number of aliphatic carboxylic acids is 1. The van der Waals surface area contributed by atoms with Crippen molar-refractivity contribution >= 4 is 23.2 Å². The summed E-state index contributed by atoms with van der Waals surface area (Å²) in [6.45, 7) is 1.85. The number of nitrogens with zero attached hydrogens (tertiary/aromatic N) is 1. The van der Waals surface area contributed by atoms with Crippen molar-refractivity contribution in [3.63, 3.8) is 0 Å². The molecule has 0 unspecified atom stereocenters.